The fourth-order valence-corrected chi connectivity index (χ4v) is 0.993. The lowest BCUT2D eigenvalue weighted by atomic mass is 10.1. The van der Waals surface area contributed by atoms with Gasteiger partial charge >= 0.3 is 0 Å². The predicted octanol–water partition coefficient (Wildman–Crippen LogP) is 2.21. The molecule has 0 N–H and O–H groups in total. The maximum Gasteiger partial charge on any atom is 0.163 e. The molecule has 0 bridgehead atoms. The van der Waals surface area contributed by atoms with Gasteiger partial charge in [0.2, 0.25) is 0 Å². The molecule has 0 aliphatic rings. The minimum Gasteiger partial charge on any atom is -0.355 e. The summed E-state index contributed by atoms with van der Waals surface area (Å²) in [5.74, 6) is 0.324. The van der Waals surface area contributed by atoms with Crippen LogP contribution in [0.2, 0.25) is 0 Å². The lowest BCUT2D eigenvalue weighted by Crippen LogP contribution is -2.22. The third kappa shape index (κ3) is 4.17. The third-order valence-corrected chi connectivity index (χ3v) is 1.49. The van der Waals surface area contributed by atoms with E-state index in [9.17, 15) is 0 Å². The monoisotopic (exact) mass is 158 g/mol. The quantitative estimate of drug-likeness (QED) is 0.451. The molecule has 0 radical (unpaired) electrons. The Labute approximate surface area is 69.2 Å². The van der Waals surface area contributed by atoms with Gasteiger partial charge in [-0.25, -0.2) is 0 Å². The van der Waals surface area contributed by atoms with Crippen molar-refractivity contribution in [2.24, 2.45) is 5.92 Å². The number of methoxy groups -OCH3 is 1. The van der Waals surface area contributed by atoms with Gasteiger partial charge in [-0.2, -0.15) is 0 Å². The molecule has 0 amide bonds. The second kappa shape index (κ2) is 6.38. The Morgan fingerprint density at radius 1 is 1.45 bits per heavy atom. The zero-order chi connectivity index (χ0) is 8.69. The summed E-state index contributed by atoms with van der Waals surface area (Å²) in [5, 5.41) is 0. The van der Waals surface area contributed by atoms with E-state index in [1.807, 2.05) is 19.9 Å². The summed E-state index contributed by atoms with van der Waals surface area (Å²) < 4.78 is 10.5. The van der Waals surface area contributed by atoms with Crippen LogP contribution < -0.4 is 0 Å². The van der Waals surface area contributed by atoms with Gasteiger partial charge < -0.3 is 9.47 Å². The maximum absolute atomic E-state index is 5.33. The molecule has 66 valence electrons. The van der Waals surface area contributed by atoms with Crippen LogP contribution in [0.5, 0.6) is 0 Å². The summed E-state index contributed by atoms with van der Waals surface area (Å²) in [5.41, 5.74) is 0. The number of hydrogen-bond donors (Lipinski definition) is 0. The Balaban J connectivity index is 3.80. The van der Waals surface area contributed by atoms with Crippen LogP contribution in [0.15, 0.2) is 12.2 Å². The molecule has 0 spiro atoms. The van der Waals surface area contributed by atoms with Gasteiger partial charge in [0.05, 0.1) is 0 Å². The fraction of sp³-hybridized carbons (Fsp3) is 0.778. The van der Waals surface area contributed by atoms with Gasteiger partial charge in [-0.3, -0.25) is 0 Å². The highest BCUT2D eigenvalue weighted by atomic mass is 16.7. The van der Waals surface area contributed by atoms with Crippen LogP contribution in [-0.4, -0.2) is 20.0 Å². The first-order valence-corrected chi connectivity index (χ1v) is 4.03. The van der Waals surface area contributed by atoms with Crippen LogP contribution in [0.1, 0.15) is 20.8 Å². The van der Waals surface area contributed by atoms with E-state index in [0.717, 1.165) is 0 Å². The van der Waals surface area contributed by atoms with Crippen molar-refractivity contribution in [3.8, 4) is 0 Å². The Bertz CT molecular complexity index is 110. The Morgan fingerprint density at radius 2 is 2.09 bits per heavy atom. The molecule has 2 atom stereocenters. The molecular formula is C9H18O2. The van der Waals surface area contributed by atoms with Gasteiger partial charge in [0, 0.05) is 19.6 Å². The smallest absolute Gasteiger partial charge is 0.163 e. The Morgan fingerprint density at radius 3 is 2.45 bits per heavy atom. The molecule has 11 heavy (non-hydrogen) atoms. The molecule has 0 saturated carbocycles. The van der Waals surface area contributed by atoms with Gasteiger partial charge in [-0.05, 0) is 13.8 Å². The van der Waals surface area contributed by atoms with E-state index in [0.29, 0.717) is 12.5 Å². The second-order valence-corrected chi connectivity index (χ2v) is 2.44. The van der Waals surface area contributed by atoms with E-state index in [4.69, 9.17) is 9.47 Å². The van der Waals surface area contributed by atoms with E-state index in [1.54, 1.807) is 7.11 Å². The minimum atomic E-state index is -0.101. The molecule has 2 heteroatoms. The molecule has 0 aliphatic carbocycles. The minimum absolute atomic E-state index is 0.101. The molecule has 0 fully saturated rings. The predicted molar refractivity (Wildman–Crippen MR) is 46.4 cm³/mol. The molecular weight excluding hydrogens is 140 g/mol. The number of hydrogen-bond acceptors (Lipinski definition) is 2. The first-order valence-electron chi connectivity index (χ1n) is 4.03. The summed E-state index contributed by atoms with van der Waals surface area (Å²) in [7, 11) is 1.67. The van der Waals surface area contributed by atoms with Gasteiger partial charge in [0.25, 0.3) is 0 Å². The molecule has 0 aliphatic heterocycles. The van der Waals surface area contributed by atoms with E-state index < -0.39 is 0 Å². The molecule has 2 nitrogen and oxygen atoms in total. The topological polar surface area (TPSA) is 18.5 Å². The van der Waals surface area contributed by atoms with Crippen LogP contribution in [0, 0.1) is 5.92 Å². The van der Waals surface area contributed by atoms with Crippen molar-refractivity contribution >= 4 is 0 Å². The molecule has 0 rings (SSSR count). The van der Waals surface area contributed by atoms with Crippen molar-refractivity contribution in [3.63, 3.8) is 0 Å². The van der Waals surface area contributed by atoms with Gasteiger partial charge in [-0.1, -0.05) is 19.1 Å². The first kappa shape index (κ1) is 10.7. The second-order valence-electron chi connectivity index (χ2n) is 2.44. The van der Waals surface area contributed by atoms with Crippen LogP contribution >= 0.6 is 0 Å². The molecule has 2 unspecified atom stereocenters. The van der Waals surface area contributed by atoms with Crippen molar-refractivity contribution < 1.29 is 9.47 Å². The van der Waals surface area contributed by atoms with Crippen molar-refractivity contribution in [1.82, 2.24) is 0 Å². The van der Waals surface area contributed by atoms with Gasteiger partial charge in [0.1, 0.15) is 0 Å². The average molecular weight is 158 g/mol. The average Bonchev–Trinajstić information content (AvgIpc) is 2.00. The number of rotatable bonds is 5. The molecule has 0 saturated heterocycles. The maximum atomic E-state index is 5.33. The van der Waals surface area contributed by atoms with Crippen LogP contribution in [0.4, 0.5) is 0 Å². The van der Waals surface area contributed by atoms with Crippen molar-refractivity contribution in [3.05, 3.63) is 12.2 Å². The van der Waals surface area contributed by atoms with Crippen LogP contribution in [0.25, 0.3) is 0 Å². The summed E-state index contributed by atoms with van der Waals surface area (Å²) >= 11 is 0. The summed E-state index contributed by atoms with van der Waals surface area (Å²) in [4.78, 5) is 0. The van der Waals surface area contributed by atoms with E-state index in [-0.39, 0.29) is 6.29 Å². The van der Waals surface area contributed by atoms with Crippen molar-refractivity contribution in [1.29, 1.82) is 0 Å². The fourth-order valence-electron chi connectivity index (χ4n) is 0.993. The number of ether oxygens (including phenoxy) is 2. The lowest BCUT2D eigenvalue weighted by Gasteiger charge is -2.19. The SMILES string of the molecule is CC=CC(C)C(OC)OCC. The summed E-state index contributed by atoms with van der Waals surface area (Å²) in [6, 6.07) is 0. The Kier molecular flexibility index (Phi) is 6.18. The summed E-state index contributed by atoms with van der Waals surface area (Å²) in [6.45, 7) is 6.73. The van der Waals surface area contributed by atoms with Crippen molar-refractivity contribution in [2.45, 2.75) is 27.1 Å². The molecule has 0 heterocycles. The van der Waals surface area contributed by atoms with Crippen molar-refractivity contribution in [2.75, 3.05) is 13.7 Å². The highest BCUT2D eigenvalue weighted by Crippen LogP contribution is 2.09. The van der Waals surface area contributed by atoms with E-state index >= 15 is 0 Å². The lowest BCUT2D eigenvalue weighted by molar-refractivity contribution is -0.139. The number of allylic oxidation sites excluding steroid dienone is 1. The Hall–Kier alpha value is -0.340. The van der Waals surface area contributed by atoms with Gasteiger partial charge in [-0.15, -0.1) is 0 Å². The van der Waals surface area contributed by atoms with E-state index in [2.05, 4.69) is 13.0 Å². The normalized spacial score (nSPS) is 17.1. The molecule has 0 aromatic rings. The van der Waals surface area contributed by atoms with E-state index in [1.165, 1.54) is 0 Å². The molecule has 0 aromatic carbocycles. The van der Waals surface area contributed by atoms with Gasteiger partial charge in [0.15, 0.2) is 6.29 Å². The third-order valence-electron chi connectivity index (χ3n) is 1.49. The molecule has 0 aromatic heterocycles. The van der Waals surface area contributed by atoms with Crippen LogP contribution in [-0.2, 0) is 9.47 Å². The standard InChI is InChI=1S/C9H18O2/c1-5-7-8(3)9(10-4)11-6-2/h5,7-9H,6H2,1-4H3. The largest absolute Gasteiger partial charge is 0.355 e. The first-order chi connectivity index (χ1) is 5.26. The van der Waals surface area contributed by atoms with Crippen LogP contribution in [0.3, 0.4) is 0 Å². The summed E-state index contributed by atoms with van der Waals surface area (Å²) in [6.07, 6.45) is 3.98. The zero-order valence-corrected chi connectivity index (χ0v) is 7.83. The highest BCUT2D eigenvalue weighted by Gasteiger charge is 2.12. The zero-order valence-electron chi connectivity index (χ0n) is 7.83. The highest BCUT2D eigenvalue weighted by molar-refractivity contribution is 4.84.